The van der Waals surface area contributed by atoms with Gasteiger partial charge in [-0.25, -0.2) is 0 Å². The highest BCUT2D eigenvalue weighted by Crippen LogP contribution is 2.11. The van der Waals surface area contributed by atoms with E-state index in [1.807, 2.05) is 18.2 Å². The Labute approximate surface area is 89.1 Å². The van der Waals surface area contributed by atoms with Crippen LogP contribution in [0.15, 0.2) is 29.4 Å². The molecule has 0 fully saturated rings. The number of oxime groups is 1. The van der Waals surface area contributed by atoms with Crippen LogP contribution in [0.5, 0.6) is 0 Å². The zero-order valence-electron chi connectivity index (χ0n) is 8.80. The maximum atomic E-state index is 9.57. The molecule has 1 radical (unpaired) electrons. The Hall–Kier alpha value is -1.39. The first-order valence-corrected chi connectivity index (χ1v) is 4.44. The second-order valence-electron chi connectivity index (χ2n) is 2.90. The van der Waals surface area contributed by atoms with Gasteiger partial charge in [-0.05, 0) is 12.5 Å². The molecule has 1 unspecified atom stereocenters. The average Bonchev–Trinajstić information content (AvgIpc) is 2.26. The molecule has 0 amide bonds. The number of hydrogen-bond acceptors (Lipinski definition) is 4. The number of methoxy groups -OCH3 is 1. The Morgan fingerprint density at radius 1 is 1.40 bits per heavy atom. The smallest absolute Gasteiger partial charge is 0.202 e. The average molecular weight is 208 g/mol. The van der Waals surface area contributed by atoms with Crippen molar-refractivity contribution >= 4 is 5.71 Å². The standard InChI is InChI=1S/C11H14NO3/c1-8-6-4-5-7-9(8)10(12-15-3)11(13)14-2/h4-7,11,13H,1H2,2-3H3/b12-10+. The van der Waals surface area contributed by atoms with Crippen LogP contribution in [0.1, 0.15) is 11.1 Å². The Morgan fingerprint density at radius 2 is 2.07 bits per heavy atom. The number of ether oxygens (including phenoxy) is 1. The second kappa shape index (κ2) is 5.48. The summed E-state index contributed by atoms with van der Waals surface area (Å²) in [5.74, 6) is 0. The zero-order chi connectivity index (χ0) is 11.3. The molecule has 0 bridgehead atoms. The minimum absolute atomic E-state index is 0.311. The van der Waals surface area contributed by atoms with Gasteiger partial charge in [0, 0.05) is 12.7 Å². The lowest BCUT2D eigenvalue weighted by atomic mass is 10.0. The van der Waals surface area contributed by atoms with Crippen LogP contribution < -0.4 is 0 Å². The third-order valence-corrected chi connectivity index (χ3v) is 1.94. The summed E-state index contributed by atoms with van der Waals surface area (Å²) in [5.41, 5.74) is 1.77. The monoisotopic (exact) mass is 208 g/mol. The molecule has 4 heteroatoms. The largest absolute Gasteiger partial charge is 0.399 e. The molecule has 1 atom stereocenters. The summed E-state index contributed by atoms with van der Waals surface area (Å²) in [6.45, 7) is 3.84. The lowest BCUT2D eigenvalue weighted by molar-refractivity contribution is -0.0219. The fourth-order valence-electron chi connectivity index (χ4n) is 1.21. The van der Waals surface area contributed by atoms with Gasteiger partial charge in [0.15, 0.2) is 0 Å². The number of benzene rings is 1. The first-order valence-electron chi connectivity index (χ1n) is 4.44. The van der Waals surface area contributed by atoms with Crippen LogP contribution in [0, 0.1) is 6.92 Å². The summed E-state index contributed by atoms with van der Waals surface area (Å²) in [5, 5.41) is 13.3. The van der Waals surface area contributed by atoms with Crippen molar-refractivity contribution in [2.45, 2.75) is 6.29 Å². The molecule has 1 aromatic rings. The summed E-state index contributed by atoms with van der Waals surface area (Å²) >= 11 is 0. The van der Waals surface area contributed by atoms with Crippen LogP contribution in [0.4, 0.5) is 0 Å². The zero-order valence-corrected chi connectivity index (χ0v) is 8.80. The fraction of sp³-hybridized carbons (Fsp3) is 0.273. The van der Waals surface area contributed by atoms with E-state index in [1.54, 1.807) is 6.07 Å². The predicted molar refractivity (Wildman–Crippen MR) is 57.5 cm³/mol. The molecule has 1 aromatic carbocycles. The molecule has 0 aromatic heterocycles. The molecular formula is C11H14NO3. The van der Waals surface area contributed by atoms with Gasteiger partial charge in [0.1, 0.15) is 12.8 Å². The van der Waals surface area contributed by atoms with E-state index in [9.17, 15) is 5.11 Å². The molecule has 15 heavy (non-hydrogen) atoms. The van der Waals surface area contributed by atoms with Crippen molar-refractivity contribution in [3.05, 3.63) is 42.3 Å². The molecule has 1 rings (SSSR count). The van der Waals surface area contributed by atoms with Crippen molar-refractivity contribution in [3.8, 4) is 0 Å². The van der Waals surface area contributed by atoms with E-state index >= 15 is 0 Å². The van der Waals surface area contributed by atoms with E-state index in [2.05, 4.69) is 16.9 Å². The fourth-order valence-corrected chi connectivity index (χ4v) is 1.21. The van der Waals surface area contributed by atoms with E-state index in [-0.39, 0.29) is 0 Å². The lowest BCUT2D eigenvalue weighted by Gasteiger charge is -2.13. The maximum absolute atomic E-state index is 9.57. The van der Waals surface area contributed by atoms with Crippen molar-refractivity contribution < 1.29 is 14.7 Å². The highest BCUT2D eigenvalue weighted by atomic mass is 16.6. The van der Waals surface area contributed by atoms with E-state index in [0.717, 1.165) is 5.56 Å². The number of aliphatic hydroxyl groups excluding tert-OH is 1. The first kappa shape index (κ1) is 11.7. The van der Waals surface area contributed by atoms with Crippen LogP contribution >= 0.6 is 0 Å². The molecule has 0 aliphatic heterocycles. The van der Waals surface area contributed by atoms with Gasteiger partial charge in [-0.1, -0.05) is 29.4 Å². The van der Waals surface area contributed by atoms with Gasteiger partial charge in [0.2, 0.25) is 6.29 Å². The third-order valence-electron chi connectivity index (χ3n) is 1.94. The molecule has 0 saturated carbocycles. The summed E-state index contributed by atoms with van der Waals surface area (Å²) in [6, 6.07) is 7.30. The van der Waals surface area contributed by atoms with Crippen LogP contribution in [-0.4, -0.2) is 31.3 Å². The van der Waals surface area contributed by atoms with E-state index < -0.39 is 6.29 Å². The maximum Gasteiger partial charge on any atom is 0.202 e. The van der Waals surface area contributed by atoms with Crippen molar-refractivity contribution in [3.63, 3.8) is 0 Å². The number of nitrogens with zero attached hydrogens (tertiary/aromatic N) is 1. The van der Waals surface area contributed by atoms with Crippen molar-refractivity contribution in [1.29, 1.82) is 0 Å². The van der Waals surface area contributed by atoms with Gasteiger partial charge in [0.25, 0.3) is 0 Å². The molecule has 0 saturated heterocycles. The summed E-state index contributed by atoms with van der Waals surface area (Å²) in [4.78, 5) is 4.66. The van der Waals surface area contributed by atoms with Gasteiger partial charge in [0.05, 0.1) is 0 Å². The van der Waals surface area contributed by atoms with Crippen molar-refractivity contribution in [1.82, 2.24) is 0 Å². The van der Waals surface area contributed by atoms with Gasteiger partial charge < -0.3 is 14.7 Å². The van der Waals surface area contributed by atoms with Gasteiger partial charge >= 0.3 is 0 Å². The molecule has 0 aliphatic carbocycles. The normalized spacial score (nSPS) is 13.7. The summed E-state index contributed by atoms with van der Waals surface area (Å²) in [6.07, 6.45) is -1.12. The summed E-state index contributed by atoms with van der Waals surface area (Å²) in [7, 11) is 2.80. The Bertz CT molecular complexity index is 349. The van der Waals surface area contributed by atoms with Crippen LogP contribution in [0.2, 0.25) is 0 Å². The van der Waals surface area contributed by atoms with E-state index in [1.165, 1.54) is 14.2 Å². The SMILES string of the molecule is [CH2]c1ccccc1/C(=N\OC)C(O)OC. The first-order chi connectivity index (χ1) is 7.20. The number of rotatable bonds is 4. The molecule has 1 N–H and O–H groups in total. The second-order valence-corrected chi connectivity index (χ2v) is 2.90. The minimum Gasteiger partial charge on any atom is -0.399 e. The predicted octanol–water partition coefficient (Wildman–Crippen LogP) is 1.18. The highest BCUT2D eigenvalue weighted by Gasteiger charge is 2.16. The Morgan fingerprint density at radius 3 is 2.60 bits per heavy atom. The van der Waals surface area contributed by atoms with Crippen LogP contribution in [-0.2, 0) is 9.57 Å². The third kappa shape index (κ3) is 2.78. The molecule has 0 spiro atoms. The number of hydrogen-bond donors (Lipinski definition) is 1. The molecule has 81 valence electrons. The van der Waals surface area contributed by atoms with Crippen LogP contribution in [0.25, 0.3) is 0 Å². The van der Waals surface area contributed by atoms with E-state index in [0.29, 0.717) is 11.3 Å². The molecule has 0 aliphatic rings. The van der Waals surface area contributed by atoms with Crippen molar-refractivity contribution in [2.24, 2.45) is 5.16 Å². The van der Waals surface area contributed by atoms with Gasteiger partial charge in [-0.15, -0.1) is 0 Å². The molecule has 4 nitrogen and oxygen atoms in total. The Kier molecular flexibility index (Phi) is 4.27. The minimum atomic E-state index is -1.12. The van der Waals surface area contributed by atoms with Crippen molar-refractivity contribution in [2.75, 3.05) is 14.2 Å². The molecule has 0 heterocycles. The van der Waals surface area contributed by atoms with E-state index in [4.69, 9.17) is 4.74 Å². The number of aliphatic hydroxyl groups is 1. The Balaban J connectivity index is 3.11. The van der Waals surface area contributed by atoms with Crippen LogP contribution in [0.3, 0.4) is 0 Å². The topological polar surface area (TPSA) is 51.0 Å². The summed E-state index contributed by atoms with van der Waals surface area (Å²) < 4.78 is 4.79. The van der Waals surface area contributed by atoms with Gasteiger partial charge in [-0.3, -0.25) is 0 Å². The lowest BCUT2D eigenvalue weighted by Crippen LogP contribution is -2.24. The molecular weight excluding hydrogens is 194 g/mol. The van der Waals surface area contributed by atoms with Gasteiger partial charge in [-0.2, -0.15) is 0 Å². The quantitative estimate of drug-likeness (QED) is 0.459. The highest BCUT2D eigenvalue weighted by molar-refractivity contribution is 6.03.